The number of carbonyl (C=O) groups excluding carboxylic acids is 2. The Balaban J connectivity index is 1.68. The monoisotopic (exact) mass is 436 g/mol. The van der Waals surface area contributed by atoms with E-state index < -0.39 is 5.91 Å². The summed E-state index contributed by atoms with van der Waals surface area (Å²) < 4.78 is 1.47. The first-order valence-electron chi connectivity index (χ1n) is 7.92. The first kappa shape index (κ1) is 20.1. The van der Waals surface area contributed by atoms with E-state index in [-0.39, 0.29) is 22.2 Å². The summed E-state index contributed by atoms with van der Waals surface area (Å²) in [6.07, 6.45) is 0. The van der Waals surface area contributed by atoms with Gasteiger partial charge in [-0.25, -0.2) is 0 Å². The summed E-state index contributed by atoms with van der Waals surface area (Å²) in [5.74, 6) is -0.877. The average Bonchev–Trinajstić information content (AvgIpc) is 3.10. The minimum atomic E-state index is -0.600. The Morgan fingerprint density at radius 3 is 2.64 bits per heavy atom. The molecule has 0 saturated heterocycles. The van der Waals surface area contributed by atoms with Crippen LogP contribution in [0.3, 0.4) is 0 Å². The third-order valence-electron chi connectivity index (χ3n) is 3.63. The summed E-state index contributed by atoms with van der Waals surface area (Å²) in [5, 5.41) is 15.3. The lowest BCUT2D eigenvalue weighted by Crippen LogP contribution is -2.16. The Kier molecular flexibility index (Phi) is 6.18. The number of hydrogen-bond donors (Lipinski definition) is 2. The van der Waals surface area contributed by atoms with Gasteiger partial charge in [-0.15, -0.1) is 5.10 Å². The molecule has 0 atom stereocenters. The number of anilines is 1. The van der Waals surface area contributed by atoms with Crippen molar-refractivity contribution < 1.29 is 9.59 Å². The number of carbonyl (C=O) groups is 2. The Bertz CT molecular complexity index is 1060. The van der Waals surface area contributed by atoms with Gasteiger partial charge >= 0.3 is 0 Å². The number of hydrogen-bond acceptors (Lipinski definition) is 6. The highest BCUT2D eigenvalue weighted by atomic mass is 35.5. The van der Waals surface area contributed by atoms with Gasteiger partial charge in [0, 0.05) is 5.56 Å². The molecule has 2 aromatic carbocycles. The summed E-state index contributed by atoms with van der Waals surface area (Å²) in [7, 11) is 0. The standard InChI is InChI=1S/C17H14Cl2N6O2S/c1-9-2-5-14(12(19)6-9)25-17(22-23-24-25)28-8-15(26)21-13-4-3-10(16(20)27)7-11(13)18/h2-7H,8H2,1H3,(H2,20,27)(H,21,26). The first-order chi connectivity index (χ1) is 13.3. The molecular formula is C17H14Cl2N6O2S. The van der Waals surface area contributed by atoms with Crippen molar-refractivity contribution in [2.75, 3.05) is 11.1 Å². The van der Waals surface area contributed by atoms with Crippen LogP contribution in [0.15, 0.2) is 41.6 Å². The van der Waals surface area contributed by atoms with Crippen molar-refractivity contribution in [3.8, 4) is 5.69 Å². The lowest BCUT2D eigenvalue weighted by molar-refractivity contribution is -0.113. The Morgan fingerprint density at radius 1 is 1.18 bits per heavy atom. The average molecular weight is 437 g/mol. The maximum atomic E-state index is 12.3. The van der Waals surface area contributed by atoms with E-state index >= 15 is 0 Å². The number of benzene rings is 2. The highest BCUT2D eigenvalue weighted by Gasteiger charge is 2.15. The van der Waals surface area contributed by atoms with Gasteiger partial charge in [-0.3, -0.25) is 9.59 Å². The minimum absolute atomic E-state index is 0.0394. The topological polar surface area (TPSA) is 116 Å². The van der Waals surface area contributed by atoms with Crippen LogP contribution in [0.1, 0.15) is 15.9 Å². The van der Waals surface area contributed by atoms with Gasteiger partial charge in [-0.2, -0.15) is 4.68 Å². The molecule has 1 heterocycles. The van der Waals surface area contributed by atoms with Gasteiger partial charge in [0.25, 0.3) is 0 Å². The van der Waals surface area contributed by atoms with E-state index in [0.717, 1.165) is 17.3 Å². The van der Waals surface area contributed by atoms with Crippen LogP contribution in [-0.2, 0) is 4.79 Å². The summed E-state index contributed by atoms with van der Waals surface area (Å²) in [6.45, 7) is 1.93. The number of halogens is 2. The Labute approximate surface area is 174 Å². The molecule has 11 heteroatoms. The van der Waals surface area contributed by atoms with Crippen molar-refractivity contribution in [2.24, 2.45) is 5.73 Å². The second kappa shape index (κ2) is 8.59. The molecular weight excluding hydrogens is 423 g/mol. The normalized spacial score (nSPS) is 10.7. The van der Waals surface area contributed by atoms with Crippen LogP contribution >= 0.6 is 35.0 Å². The summed E-state index contributed by atoms with van der Waals surface area (Å²) in [6, 6.07) is 9.89. The number of rotatable bonds is 6. The van der Waals surface area contributed by atoms with Gasteiger partial charge in [0.2, 0.25) is 17.0 Å². The molecule has 3 rings (SSSR count). The van der Waals surface area contributed by atoms with Crippen molar-refractivity contribution in [3.63, 3.8) is 0 Å². The van der Waals surface area contributed by atoms with Crippen molar-refractivity contribution >= 4 is 52.5 Å². The quantitative estimate of drug-likeness (QED) is 0.573. The van der Waals surface area contributed by atoms with Crippen molar-refractivity contribution in [2.45, 2.75) is 12.1 Å². The maximum absolute atomic E-state index is 12.3. The zero-order valence-electron chi connectivity index (χ0n) is 14.5. The van der Waals surface area contributed by atoms with Crippen LogP contribution in [0.25, 0.3) is 5.69 Å². The molecule has 0 fully saturated rings. The minimum Gasteiger partial charge on any atom is -0.366 e. The number of tetrazole rings is 1. The van der Waals surface area contributed by atoms with Crippen molar-refractivity contribution in [1.82, 2.24) is 20.2 Å². The van der Waals surface area contributed by atoms with E-state index in [9.17, 15) is 9.59 Å². The SMILES string of the molecule is Cc1ccc(-n2nnnc2SCC(=O)Nc2ccc(C(N)=O)cc2Cl)c(Cl)c1. The van der Waals surface area contributed by atoms with Crippen molar-refractivity contribution in [1.29, 1.82) is 0 Å². The van der Waals surface area contributed by atoms with E-state index in [4.69, 9.17) is 28.9 Å². The molecule has 8 nitrogen and oxygen atoms in total. The highest BCUT2D eigenvalue weighted by molar-refractivity contribution is 7.99. The molecule has 0 radical (unpaired) electrons. The van der Waals surface area contributed by atoms with Crippen LogP contribution in [0.2, 0.25) is 10.0 Å². The second-order valence-corrected chi connectivity index (χ2v) is 7.48. The highest BCUT2D eigenvalue weighted by Crippen LogP contribution is 2.26. The second-order valence-electron chi connectivity index (χ2n) is 5.72. The predicted molar refractivity (Wildman–Crippen MR) is 108 cm³/mol. The molecule has 0 unspecified atom stereocenters. The molecule has 0 bridgehead atoms. The van der Waals surface area contributed by atoms with Gasteiger partial charge in [-0.1, -0.05) is 41.0 Å². The maximum Gasteiger partial charge on any atom is 0.248 e. The van der Waals surface area contributed by atoms with Crippen LogP contribution in [-0.4, -0.2) is 37.8 Å². The van der Waals surface area contributed by atoms with Crippen LogP contribution in [0, 0.1) is 6.92 Å². The van der Waals surface area contributed by atoms with Gasteiger partial charge < -0.3 is 11.1 Å². The number of thioether (sulfide) groups is 1. The predicted octanol–water partition coefficient (Wildman–Crippen LogP) is 3.11. The summed E-state index contributed by atoms with van der Waals surface area (Å²) in [4.78, 5) is 23.4. The van der Waals surface area contributed by atoms with Crippen LogP contribution < -0.4 is 11.1 Å². The number of nitrogens with one attached hydrogen (secondary N) is 1. The fourth-order valence-electron chi connectivity index (χ4n) is 2.29. The van der Waals surface area contributed by atoms with Crippen LogP contribution in [0.5, 0.6) is 0 Å². The molecule has 3 aromatic rings. The van der Waals surface area contributed by atoms with E-state index in [2.05, 4.69) is 20.8 Å². The van der Waals surface area contributed by atoms with Gasteiger partial charge in [0.1, 0.15) is 0 Å². The third-order valence-corrected chi connectivity index (χ3v) is 5.17. The molecule has 0 saturated carbocycles. The zero-order chi connectivity index (χ0) is 20.3. The molecule has 2 amide bonds. The van der Waals surface area contributed by atoms with E-state index in [0.29, 0.717) is 21.6 Å². The number of primary amides is 1. The molecule has 0 aliphatic carbocycles. The molecule has 3 N–H and O–H groups in total. The first-order valence-corrected chi connectivity index (χ1v) is 9.66. The van der Waals surface area contributed by atoms with Gasteiger partial charge in [-0.05, 0) is 53.2 Å². The van der Waals surface area contributed by atoms with Gasteiger partial charge in [0.05, 0.1) is 27.2 Å². The number of aryl methyl sites for hydroxylation is 1. The van der Waals surface area contributed by atoms with Gasteiger partial charge in [0.15, 0.2) is 0 Å². The third kappa shape index (κ3) is 4.61. The van der Waals surface area contributed by atoms with E-state index in [1.54, 1.807) is 12.1 Å². The molecule has 1 aromatic heterocycles. The molecule has 0 spiro atoms. The largest absolute Gasteiger partial charge is 0.366 e. The van der Waals surface area contributed by atoms with E-state index in [1.807, 2.05) is 13.0 Å². The Morgan fingerprint density at radius 2 is 1.96 bits per heavy atom. The number of aromatic nitrogens is 4. The number of nitrogens with zero attached hydrogens (tertiary/aromatic N) is 4. The fourth-order valence-corrected chi connectivity index (χ4v) is 3.52. The molecule has 0 aliphatic rings. The lowest BCUT2D eigenvalue weighted by atomic mass is 10.2. The summed E-state index contributed by atoms with van der Waals surface area (Å²) in [5.41, 5.74) is 7.45. The molecule has 28 heavy (non-hydrogen) atoms. The smallest absolute Gasteiger partial charge is 0.248 e. The fraction of sp³-hybridized carbons (Fsp3) is 0.118. The van der Waals surface area contributed by atoms with E-state index in [1.165, 1.54) is 22.9 Å². The lowest BCUT2D eigenvalue weighted by Gasteiger charge is -2.09. The number of amides is 2. The van der Waals surface area contributed by atoms with Crippen molar-refractivity contribution in [3.05, 3.63) is 57.6 Å². The molecule has 144 valence electrons. The number of nitrogens with two attached hydrogens (primary N) is 1. The van der Waals surface area contributed by atoms with Crippen LogP contribution in [0.4, 0.5) is 5.69 Å². The molecule has 0 aliphatic heterocycles. The Hall–Kier alpha value is -2.62. The zero-order valence-corrected chi connectivity index (χ0v) is 16.8. The summed E-state index contributed by atoms with van der Waals surface area (Å²) >= 11 is 13.5.